The van der Waals surface area contributed by atoms with Crippen LogP contribution in [0, 0.1) is 0 Å². The Morgan fingerprint density at radius 1 is 1.00 bits per heavy atom. The Morgan fingerprint density at radius 3 is 2.04 bits per heavy atom. The van der Waals surface area contributed by atoms with Crippen molar-refractivity contribution >= 4 is 5.97 Å². The molecule has 0 amide bonds. The average molecular weight is 364 g/mol. The molecule has 3 rings (SSSR count). The van der Waals surface area contributed by atoms with Crippen molar-refractivity contribution < 1.29 is 36.2 Å². The van der Waals surface area contributed by atoms with Gasteiger partial charge in [0.25, 0.3) is 0 Å². The Bertz CT molecular complexity index is 819. The molecule has 1 aliphatic rings. The molecule has 0 bridgehead atoms. The van der Waals surface area contributed by atoms with Gasteiger partial charge >= 0.3 is 18.3 Å². The molecule has 0 saturated carbocycles. The maximum absolute atomic E-state index is 13.0. The standard InChI is InChI=1S/C15H10F6N2O2/c16-14(17,18)7-4-8(15(19,20)21)6-9(5-7)23-11-3-1-2-10(11)12(22-23)13(24)25/h4-6H,1-3H2,(H,24,25). The van der Waals surface area contributed by atoms with E-state index in [9.17, 15) is 31.1 Å². The van der Waals surface area contributed by atoms with Crippen LogP contribution < -0.4 is 0 Å². The molecule has 0 radical (unpaired) electrons. The molecular weight excluding hydrogens is 354 g/mol. The Kier molecular flexibility index (Phi) is 3.81. The largest absolute Gasteiger partial charge is 0.476 e. The molecule has 0 fully saturated rings. The lowest BCUT2D eigenvalue weighted by Gasteiger charge is -2.15. The molecule has 0 unspecified atom stereocenters. The van der Waals surface area contributed by atoms with Gasteiger partial charge in [0.2, 0.25) is 0 Å². The van der Waals surface area contributed by atoms with E-state index in [2.05, 4.69) is 5.10 Å². The fourth-order valence-corrected chi connectivity index (χ4v) is 2.88. The summed E-state index contributed by atoms with van der Waals surface area (Å²) in [6, 6.07) is 1.09. The number of halogens is 6. The third-order valence-corrected chi connectivity index (χ3v) is 3.95. The second-order valence-corrected chi connectivity index (χ2v) is 5.61. The zero-order valence-electron chi connectivity index (χ0n) is 12.4. The number of alkyl halides is 6. The lowest BCUT2D eigenvalue weighted by atomic mass is 10.1. The second kappa shape index (κ2) is 5.50. The summed E-state index contributed by atoms with van der Waals surface area (Å²) in [6.45, 7) is 0. The van der Waals surface area contributed by atoms with Crippen LogP contribution in [0.25, 0.3) is 5.69 Å². The molecule has 4 nitrogen and oxygen atoms in total. The minimum Gasteiger partial charge on any atom is -0.476 e. The Labute approximate surface area is 136 Å². The highest BCUT2D eigenvalue weighted by Crippen LogP contribution is 2.38. The molecule has 25 heavy (non-hydrogen) atoms. The maximum Gasteiger partial charge on any atom is 0.416 e. The van der Waals surface area contributed by atoms with E-state index in [1.165, 1.54) is 0 Å². The van der Waals surface area contributed by atoms with Crippen LogP contribution in [0.2, 0.25) is 0 Å². The molecule has 1 heterocycles. The number of hydrogen-bond donors (Lipinski definition) is 1. The smallest absolute Gasteiger partial charge is 0.416 e. The van der Waals surface area contributed by atoms with Gasteiger partial charge in [-0.15, -0.1) is 0 Å². The number of rotatable bonds is 2. The van der Waals surface area contributed by atoms with Gasteiger partial charge in [-0.1, -0.05) is 0 Å². The number of benzene rings is 1. The Balaban J connectivity index is 2.24. The van der Waals surface area contributed by atoms with Gasteiger partial charge < -0.3 is 5.11 Å². The molecule has 10 heteroatoms. The van der Waals surface area contributed by atoms with Gasteiger partial charge in [-0.2, -0.15) is 31.4 Å². The molecule has 0 saturated heterocycles. The van der Waals surface area contributed by atoms with Crippen molar-refractivity contribution in [3.8, 4) is 5.69 Å². The van der Waals surface area contributed by atoms with Crippen molar-refractivity contribution in [1.29, 1.82) is 0 Å². The van der Waals surface area contributed by atoms with Crippen LogP contribution in [0.5, 0.6) is 0 Å². The predicted octanol–water partition coefficient (Wildman–Crippen LogP) is 4.10. The minimum absolute atomic E-state index is 0.0192. The van der Waals surface area contributed by atoms with Crippen LogP contribution in [0.15, 0.2) is 18.2 Å². The number of aromatic nitrogens is 2. The number of carboxylic acid groups (broad SMARTS) is 1. The normalized spacial score (nSPS) is 14.6. The van der Waals surface area contributed by atoms with Crippen LogP contribution in [-0.4, -0.2) is 20.9 Å². The molecule has 1 aromatic carbocycles. The number of aromatic carboxylic acids is 1. The number of carboxylic acids is 1. The van der Waals surface area contributed by atoms with Crippen molar-refractivity contribution in [2.24, 2.45) is 0 Å². The summed E-state index contributed by atoms with van der Waals surface area (Å²) >= 11 is 0. The SMILES string of the molecule is O=C(O)c1nn(-c2cc(C(F)(F)F)cc(C(F)(F)F)c2)c2c1CCC2. The first-order valence-electron chi connectivity index (χ1n) is 7.12. The highest BCUT2D eigenvalue weighted by atomic mass is 19.4. The third-order valence-electron chi connectivity index (χ3n) is 3.95. The predicted molar refractivity (Wildman–Crippen MR) is 72.6 cm³/mol. The number of nitrogens with zero attached hydrogens (tertiary/aromatic N) is 2. The van der Waals surface area contributed by atoms with Crippen molar-refractivity contribution in [1.82, 2.24) is 9.78 Å². The summed E-state index contributed by atoms with van der Waals surface area (Å²) in [7, 11) is 0. The first-order chi connectivity index (χ1) is 11.5. The molecule has 1 aromatic heterocycles. The molecule has 2 aromatic rings. The van der Waals surface area contributed by atoms with Crippen LogP contribution >= 0.6 is 0 Å². The van der Waals surface area contributed by atoms with E-state index in [0.29, 0.717) is 42.7 Å². The molecule has 1 aliphatic carbocycles. The Morgan fingerprint density at radius 2 is 1.56 bits per heavy atom. The van der Waals surface area contributed by atoms with Crippen molar-refractivity contribution in [2.45, 2.75) is 31.6 Å². The zero-order valence-corrected chi connectivity index (χ0v) is 12.4. The van der Waals surface area contributed by atoms with Crippen molar-refractivity contribution in [2.75, 3.05) is 0 Å². The lowest BCUT2D eigenvalue weighted by molar-refractivity contribution is -0.143. The van der Waals surface area contributed by atoms with Gasteiger partial charge in [-0.3, -0.25) is 0 Å². The molecule has 0 atom stereocenters. The molecule has 134 valence electrons. The average Bonchev–Trinajstić information content (AvgIpc) is 3.06. The third kappa shape index (κ3) is 3.08. The molecule has 0 spiro atoms. The maximum atomic E-state index is 13.0. The highest BCUT2D eigenvalue weighted by Gasteiger charge is 2.38. The summed E-state index contributed by atoms with van der Waals surface area (Å²) in [5.41, 5.74) is -3.09. The minimum atomic E-state index is -4.98. The highest BCUT2D eigenvalue weighted by molar-refractivity contribution is 5.87. The number of carbonyl (C=O) groups is 1. The second-order valence-electron chi connectivity index (χ2n) is 5.61. The molecule has 1 N–H and O–H groups in total. The van der Waals surface area contributed by atoms with E-state index in [0.717, 1.165) is 4.68 Å². The first kappa shape index (κ1) is 17.3. The fraction of sp³-hybridized carbons (Fsp3) is 0.333. The van der Waals surface area contributed by atoms with Gasteiger partial charge in [-0.25, -0.2) is 9.48 Å². The first-order valence-corrected chi connectivity index (χ1v) is 7.12. The number of hydrogen-bond acceptors (Lipinski definition) is 2. The molecular formula is C15H10F6N2O2. The monoisotopic (exact) mass is 364 g/mol. The number of fused-ring (bicyclic) bond motifs is 1. The van der Waals surface area contributed by atoms with Gasteiger partial charge in [-0.05, 0) is 37.5 Å². The summed E-state index contributed by atoms with van der Waals surface area (Å²) in [5, 5.41) is 12.9. The summed E-state index contributed by atoms with van der Waals surface area (Å²) in [4.78, 5) is 11.2. The topological polar surface area (TPSA) is 55.1 Å². The van der Waals surface area contributed by atoms with E-state index in [-0.39, 0.29) is 11.8 Å². The van der Waals surface area contributed by atoms with E-state index in [4.69, 9.17) is 5.11 Å². The van der Waals surface area contributed by atoms with E-state index in [1.807, 2.05) is 0 Å². The van der Waals surface area contributed by atoms with Crippen LogP contribution in [-0.2, 0) is 25.2 Å². The van der Waals surface area contributed by atoms with Crippen LogP contribution in [0.1, 0.15) is 39.3 Å². The summed E-state index contributed by atoms with van der Waals surface area (Å²) < 4.78 is 78.7. The van der Waals surface area contributed by atoms with Crippen LogP contribution in [0.4, 0.5) is 26.3 Å². The molecule has 0 aliphatic heterocycles. The van der Waals surface area contributed by atoms with Crippen molar-refractivity contribution in [3.63, 3.8) is 0 Å². The van der Waals surface area contributed by atoms with E-state index in [1.54, 1.807) is 0 Å². The lowest BCUT2D eigenvalue weighted by Crippen LogP contribution is -2.13. The van der Waals surface area contributed by atoms with E-state index >= 15 is 0 Å². The van der Waals surface area contributed by atoms with E-state index < -0.39 is 35.1 Å². The fourth-order valence-electron chi connectivity index (χ4n) is 2.88. The van der Waals surface area contributed by atoms with Crippen LogP contribution in [0.3, 0.4) is 0 Å². The quantitative estimate of drug-likeness (QED) is 0.817. The van der Waals surface area contributed by atoms with Gasteiger partial charge in [0.15, 0.2) is 5.69 Å². The summed E-state index contributed by atoms with van der Waals surface area (Å²) in [6.07, 6.45) is -8.72. The summed E-state index contributed by atoms with van der Waals surface area (Å²) in [5.74, 6) is -1.38. The van der Waals surface area contributed by atoms with Gasteiger partial charge in [0.1, 0.15) is 0 Å². The zero-order chi connectivity index (χ0) is 18.6. The Hall–Kier alpha value is -2.52. The van der Waals surface area contributed by atoms with Gasteiger partial charge in [0.05, 0.1) is 16.8 Å². The van der Waals surface area contributed by atoms with Gasteiger partial charge in [0, 0.05) is 11.3 Å². The van der Waals surface area contributed by atoms with Crippen molar-refractivity contribution in [3.05, 3.63) is 46.3 Å².